The van der Waals surface area contributed by atoms with Crippen molar-refractivity contribution < 1.29 is 8.78 Å². The third-order valence-electron chi connectivity index (χ3n) is 2.65. The van der Waals surface area contributed by atoms with Crippen molar-refractivity contribution in [2.45, 2.75) is 20.0 Å². The van der Waals surface area contributed by atoms with Crippen molar-refractivity contribution in [1.82, 2.24) is 10.3 Å². The van der Waals surface area contributed by atoms with Crippen molar-refractivity contribution in [1.29, 1.82) is 0 Å². The molecule has 1 N–H and O–H groups in total. The summed E-state index contributed by atoms with van der Waals surface area (Å²) in [6.07, 6.45) is 1.77. The average Bonchev–Trinajstić information content (AvgIpc) is 2.37. The molecule has 0 aliphatic rings. The number of pyridine rings is 1. The van der Waals surface area contributed by atoms with E-state index in [2.05, 4.69) is 10.3 Å². The molecule has 0 amide bonds. The molecule has 1 aromatic heterocycles. The van der Waals surface area contributed by atoms with E-state index in [4.69, 9.17) is 0 Å². The summed E-state index contributed by atoms with van der Waals surface area (Å²) in [4.78, 5) is 4.16. The smallest absolute Gasteiger partial charge is 0.163 e. The number of nitrogens with one attached hydrogen (secondary N) is 1. The fourth-order valence-electron chi connectivity index (χ4n) is 1.63. The monoisotopic (exact) mass is 248 g/mol. The molecule has 2 aromatic rings. The highest BCUT2D eigenvalue weighted by molar-refractivity contribution is 5.19. The molecular weight excluding hydrogens is 234 g/mol. The highest BCUT2D eigenvalue weighted by Gasteiger charge is 2.06. The van der Waals surface area contributed by atoms with E-state index in [0.29, 0.717) is 12.1 Å². The van der Waals surface area contributed by atoms with Crippen molar-refractivity contribution >= 4 is 0 Å². The van der Waals surface area contributed by atoms with Gasteiger partial charge in [-0.25, -0.2) is 8.78 Å². The molecular formula is C14H14F2N2. The maximum absolute atomic E-state index is 13.4. The van der Waals surface area contributed by atoms with Gasteiger partial charge in [-0.05, 0) is 24.6 Å². The molecule has 94 valence electrons. The van der Waals surface area contributed by atoms with Gasteiger partial charge in [-0.15, -0.1) is 0 Å². The quantitative estimate of drug-likeness (QED) is 0.899. The molecule has 0 saturated heterocycles. The normalized spacial score (nSPS) is 10.6. The van der Waals surface area contributed by atoms with Gasteiger partial charge >= 0.3 is 0 Å². The van der Waals surface area contributed by atoms with Gasteiger partial charge in [0, 0.05) is 30.5 Å². The number of aryl methyl sites for hydroxylation is 1. The Morgan fingerprint density at radius 1 is 1.11 bits per heavy atom. The molecule has 18 heavy (non-hydrogen) atoms. The first-order valence-electron chi connectivity index (χ1n) is 5.72. The van der Waals surface area contributed by atoms with Gasteiger partial charge in [0.15, 0.2) is 11.6 Å². The molecule has 2 nitrogen and oxygen atoms in total. The van der Waals surface area contributed by atoms with Crippen LogP contribution in [0.15, 0.2) is 36.5 Å². The van der Waals surface area contributed by atoms with Gasteiger partial charge in [-0.3, -0.25) is 4.98 Å². The zero-order valence-corrected chi connectivity index (χ0v) is 10.1. The van der Waals surface area contributed by atoms with Crippen LogP contribution in [0.4, 0.5) is 8.78 Å². The molecule has 0 fully saturated rings. The second kappa shape index (κ2) is 5.69. The van der Waals surface area contributed by atoms with Crippen LogP contribution in [0, 0.1) is 18.6 Å². The van der Waals surface area contributed by atoms with E-state index in [9.17, 15) is 8.78 Å². The molecule has 1 aromatic carbocycles. The first kappa shape index (κ1) is 12.6. The summed E-state index contributed by atoms with van der Waals surface area (Å²) in [6, 6.07) is 8.06. The molecule has 2 rings (SSSR count). The number of aromatic nitrogens is 1. The van der Waals surface area contributed by atoms with Crippen LogP contribution in [-0.2, 0) is 13.1 Å². The highest BCUT2D eigenvalue weighted by Crippen LogP contribution is 2.11. The lowest BCUT2D eigenvalue weighted by atomic mass is 10.2. The lowest BCUT2D eigenvalue weighted by molar-refractivity contribution is 0.492. The van der Waals surface area contributed by atoms with Crippen molar-refractivity contribution in [3.05, 3.63) is 65.0 Å². The Morgan fingerprint density at radius 2 is 1.94 bits per heavy atom. The molecule has 0 unspecified atom stereocenters. The summed E-state index contributed by atoms with van der Waals surface area (Å²) >= 11 is 0. The summed E-state index contributed by atoms with van der Waals surface area (Å²) in [6.45, 7) is 2.78. The second-order valence-corrected chi connectivity index (χ2v) is 4.12. The summed E-state index contributed by atoms with van der Waals surface area (Å²) < 4.78 is 26.3. The molecule has 0 atom stereocenters. The zero-order chi connectivity index (χ0) is 13.0. The molecule has 0 aliphatic heterocycles. The van der Waals surface area contributed by atoms with Gasteiger partial charge in [-0.1, -0.05) is 18.2 Å². The molecule has 1 heterocycles. The summed E-state index contributed by atoms with van der Waals surface area (Å²) in [5.74, 6) is -1.60. The summed E-state index contributed by atoms with van der Waals surface area (Å²) in [7, 11) is 0. The molecule has 0 bridgehead atoms. The third kappa shape index (κ3) is 3.11. The van der Waals surface area contributed by atoms with Gasteiger partial charge in [-0.2, -0.15) is 0 Å². The molecule has 0 aliphatic carbocycles. The van der Waals surface area contributed by atoms with Crippen LogP contribution >= 0.6 is 0 Å². The maximum atomic E-state index is 13.4. The van der Waals surface area contributed by atoms with Crippen molar-refractivity contribution in [2.75, 3.05) is 0 Å². The Morgan fingerprint density at radius 3 is 2.67 bits per heavy atom. The van der Waals surface area contributed by atoms with Gasteiger partial charge in [0.05, 0.1) is 0 Å². The fourth-order valence-corrected chi connectivity index (χ4v) is 1.63. The standard InChI is InChI=1S/C14H14F2N2/c1-10-5-6-11(8-18-10)7-17-9-12-3-2-4-13(15)14(12)16/h2-6,8,17H,7,9H2,1H3. The fraction of sp³-hybridized carbons (Fsp3) is 0.214. The number of hydrogen-bond acceptors (Lipinski definition) is 2. The van der Waals surface area contributed by atoms with E-state index in [-0.39, 0.29) is 6.54 Å². The number of nitrogens with zero attached hydrogens (tertiary/aromatic N) is 1. The van der Waals surface area contributed by atoms with Crippen molar-refractivity contribution in [3.8, 4) is 0 Å². The number of rotatable bonds is 4. The Kier molecular flexibility index (Phi) is 3.99. The molecule has 0 saturated carbocycles. The Bertz CT molecular complexity index is 524. The third-order valence-corrected chi connectivity index (χ3v) is 2.65. The number of hydrogen-bond donors (Lipinski definition) is 1. The summed E-state index contributed by atoms with van der Waals surface area (Å²) in [5, 5.41) is 3.06. The van der Waals surface area contributed by atoms with E-state index >= 15 is 0 Å². The topological polar surface area (TPSA) is 24.9 Å². The van der Waals surface area contributed by atoms with Crippen LogP contribution in [0.3, 0.4) is 0 Å². The van der Waals surface area contributed by atoms with Gasteiger partial charge in [0.1, 0.15) is 0 Å². The Labute approximate surface area is 105 Å². The van der Waals surface area contributed by atoms with Gasteiger partial charge in [0.25, 0.3) is 0 Å². The maximum Gasteiger partial charge on any atom is 0.163 e. The highest BCUT2D eigenvalue weighted by atomic mass is 19.2. The molecule has 0 spiro atoms. The van der Waals surface area contributed by atoms with Crippen LogP contribution in [0.25, 0.3) is 0 Å². The minimum absolute atomic E-state index is 0.289. The van der Waals surface area contributed by atoms with Crippen molar-refractivity contribution in [3.63, 3.8) is 0 Å². The first-order valence-corrected chi connectivity index (χ1v) is 5.72. The van der Waals surface area contributed by atoms with Gasteiger partial charge < -0.3 is 5.32 Å². The minimum Gasteiger partial charge on any atom is -0.308 e. The first-order chi connectivity index (χ1) is 8.66. The molecule has 4 heteroatoms. The predicted octanol–water partition coefficient (Wildman–Crippen LogP) is 2.96. The lowest BCUT2D eigenvalue weighted by Gasteiger charge is -2.06. The van der Waals surface area contributed by atoms with E-state index in [1.807, 2.05) is 19.1 Å². The average molecular weight is 248 g/mol. The molecule has 0 radical (unpaired) electrons. The van der Waals surface area contributed by atoms with Gasteiger partial charge in [0.2, 0.25) is 0 Å². The predicted molar refractivity (Wildman–Crippen MR) is 65.9 cm³/mol. The van der Waals surface area contributed by atoms with E-state index in [1.54, 1.807) is 12.3 Å². The van der Waals surface area contributed by atoms with Crippen LogP contribution in [0.5, 0.6) is 0 Å². The van der Waals surface area contributed by atoms with E-state index < -0.39 is 11.6 Å². The lowest BCUT2D eigenvalue weighted by Crippen LogP contribution is -2.14. The summed E-state index contributed by atoms with van der Waals surface area (Å²) in [5.41, 5.74) is 2.29. The second-order valence-electron chi connectivity index (χ2n) is 4.12. The van der Waals surface area contributed by atoms with E-state index in [0.717, 1.165) is 17.3 Å². The van der Waals surface area contributed by atoms with Crippen LogP contribution in [0.1, 0.15) is 16.8 Å². The number of halogens is 2. The largest absolute Gasteiger partial charge is 0.308 e. The minimum atomic E-state index is -0.814. The van der Waals surface area contributed by atoms with Crippen LogP contribution in [-0.4, -0.2) is 4.98 Å². The van der Waals surface area contributed by atoms with Crippen molar-refractivity contribution in [2.24, 2.45) is 0 Å². The SMILES string of the molecule is Cc1ccc(CNCc2cccc(F)c2F)cn1. The number of benzene rings is 1. The van der Waals surface area contributed by atoms with Crippen LogP contribution in [0.2, 0.25) is 0 Å². The van der Waals surface area contributed by atoms with E-state index in [1.165, 1.54) is 6.07 Å². The Hall–Kier alpha value is -1.81. The Balaban J connectivity index is 1.92. The van der Waals surface area contributed by atoms with Crippen LogP contribution < -0.4 is 5.32 Å². The zero-order valence-electron chi connectivity index (χ0n) is 10.1.